The molecular formula is C17H22N4O4S. The highest BCUT2D eigenvalue weighted by Crippen LogP contribution is 2.27. The zero-order valence-electron chi connectivity index (χ0n) is 14.4. The van der Waals surface area contributed by atoms with Crippen molar-refractivity contribution in [2.45, 2.75) is 49.7 Å². The lowest BCUT2D eigenvalue weighted by Gasteiger charge is -2.18. The van der Waals surface area contributed by atoms with Gasteiger partial charge in [-0.3, -0.25) is 0 Å². The molecule has 0 amide bonds. The number of nitrogens with one attached hydrogen (secondary N) is 1. The molecule has 1 aromatic heterocycles. The SMILES string of the molecule is CCc1cnc(Nc2ccc(S(N)(=O)=O)cc2)nc1O[C@@H]1CCC[C@H]1O. The molecule has 9 heteroatoms. The van der Waals surface area contributed by atoms with Gasteiger partial charge >= 0.3 is 0 Å². The second-order valence-corrected chi connectivity index (χ2v) is 7.79. The molecule has 1 fully saturated rings. The number of rotatable bonds is 6. The molecule has 3 rings (SSSR count). The monoisotopic (exact) mass is 378 g/mol. The van der Waals surface area contributed by atoms with Gasteiger partial charge in [-0.15, -0.1) is 0 Å². The zero-order valence-corrected chi connectivity index (χ0v) is 15.2. The molecule has 8 nitrogen and oxygen atoms in total. The Kier molecular flexibility index (Phi) is 5.40. The molecule has 1 aromatic carbocycles. The van der Waals surface area contributed by atoms with Gasteiger partial charge in [0.1, 0.15) is 6.10 Å². The Bertz CT molecular complexity index is 871. The van der Waals surface area contributed by atoms with Crippen LogP contribution >= 0.6 is 0 Å². The lowest BCUT2D eigenvalue weighted by atomic mass is 10.2. The Morgan fingerprint density at radius 3 is 2.62 bits per heavy atom. The molecule has 1 heterocycles. The van der Waals surface area contributed by atoms with E-state index in [4.69, 9.17) is 9.88 Å². The zero-order chi connectivity index (χ0) is 18.7. The molecule has 2 aromatic rings. The van der Waals surface area contributed by atoms with Gasteiger partial charge in [-0.05, 0) is 49.9 Å². The van der Waals surface area contributed by atoms with Gasteiger partial charge in [0.25, 0.3) is 0 Å². The smallest absolute Gasteiger partial charge is 0.238 e. The summed E-state index contributed by atoms with van der Waals surface area (Å²) in [4.78, 5) is 8.70. The van der Waals surface area contributed by atoms with Crippen LogP contribution in [0, 0.1) is 0 Å². The van der Waals surface area contributed by atoms with Crippen LogP contribution in [0.2, 0.25) is 0 Å². The molecule has 0 spiro atoms. The number of nitrogens with zero attached hydrogens (tertiary/aromatic N) is 2. The fourth-order valence-corrected chi connectivity index (χ4v) is 3.36. The van der Waals surface area contributed by atoms with Gasteiger partial charge in [0, 0.05) is 17.4 Å². The molecular weight excluding hydrogens is 356 g/mol. The lowest BCUT2D eigenvalue weighted by Crippen LogP contribution is -2.26. The molecule has 0 saturated heterocycles. The summed E-state index contributed by atoms with van der Waals surface area (Å²) in [5.41, 5.74) is 1.48. The van der Waals surface area contributed by atoms with Crippen LogP contribution < -0.4 is 15.2 Å². The number of benzene rings is 1. The first-order valence-electron chi connectivity index (χ1n) is 8.47. The van der Waals surface area contributed by atoms with Gasteiger partial charge < -0.3 is 15.2 Å². The Labute approximate surface area is 152 Å². The minimum Gasteiger partial charge on any atom is -0.471 e. The van der Waals surface area contributed by atoms with Crippen molar-refractivity contribution in [3.05, 3.63) is 36.0 Å². The molecule has 0 radical (unpaired) electrons. The first-order chi connectivity index (χ1) is 12.4. The quantitative estimate of drug-likeness (QED) is 0.698. The van der Waals surface area contributed by atoms with Crippen LogP contribution in [0.1, 0.15) is 31.7 Å². The minimum absolute atomic E-state index is 0.0320. The summed E-state index contributed by atoms with van der Waals surface area (Å²) in [7, 11) is -3.73. The summed E-state index contributed by atoms with van der Waals surface area (Å²) >= 11 is 0. The van der Waals surface area contributed by atoms with E-state index in [0.29, 0.717) is 23.9 Å². The minimum atomic E-state index is -3.73. The van der Waals surface area contributed by atoms with Crippen molar-refractivity contribution >= 4 is 21.7 Å². The number of primary sulfonamides is 1. The molecule has 1 saturated carbocycles. The van der Waals surface area contributed by atoms with E-state index in [0.717, 1.165) is 24.8 Å². The van der Waals surface area contributed by atoms with Crippen LogP contribution in [0.5, 0.6) is 5.88 Å². The van der Waals surface area contributed by atoms with Gasteiger partial charge in [-0.2, -0.15) is 4.98 Å². The molecule has 26 heavy (non-hydrogen) atoms. The number of aryl methyl sites for hydroxylation is 1. The number of hydrogen-bond acceptors (Lipinski definition) is 7. The van der Waals surface area contributed by atoms with E-state index >= 15 is 0 Å². The predicted octanol–water partition coefficient (Wildman–Crippen LogP) is 1.72. The van der Waals surface area contributed by atoms with Gasteiger partial charge in [0.15, 0.2) is 0 Å². The van der Waals surface area contributed by atoms with Gasteiger partial charge in [-0.25, -0.2) is 18.5 Å². The van der Waals surface area contributed by atoms with Crippen molar-refractivity contribution in [1.29, 1.82) is 0 Å². The topological polar surface area (TPSA) is 127 Å². The van der Waals surface area contributed by atoms with Crippen LogP contribution in [0.25, 0.3) is 0 Å². The van der Waals surface area contributed by atoms with Crippen LogP contribution in [0.15, 0.2) is 35.4 Å². The molecule has 0 aliphatic heterocycles. The predicted molar refractivity (Wildman–Crippen MR) is 96.8 cm³/mol. The van der Waals surface area contributed by atoms with Crippen LogP contribution in [0.3, 0.4) is 0 Å². The third-order valence-corrected chi connectivity index (χ3v) is 5.25. The van der Waals surface area contributed by atoms with E-state index < -0.39 is 16.1 Å². The fraction of sp³-hybridized carbons (Fsp3) is 0.412. The van der Waals surface area contributed by atoms with Crippen molar-refractivity contribution < 1.29 is 18.3 Å². The summed E-state index contributed by atoms with van der Waals surface area (Å²) in [6, 6.07) is 5.98. The van der Waals surface area contributed by atoms with Crippen LogP contribution in [0.4, 0.5) is 11.6 Å². The Hall–Kier alpha value is -2.23. The normalized spacial score (nSPS) is 20.1. The van der Waals surface area contributed by atoms with E-state index in [2.05, 4.69) is 15.3 Å². The highest BCUT2D eigenvalue weighted by atomic mass is 32.2. The second-order valence-electron chi connectivity index (χ2n) is 6.23. The summed E-state index contributed by atoms with van der Waals surface area (Å²) in [5.74, 6) is 0.783. The Morgan fingerprint density at radius 1 is 1.31 bits per heavy atom. The first-order valence-corrected chi connectivity index (χ1v) is 10.0. The maximum Gasteiger partial charge on any atom is 0.238 e. The van der Waals surface area contributed by atoms with Crippen LogP contribution in [-0.4, -0.2) is 35.7 Å². The largest absolute Gasteiger partial charge is 0.471 e. The average Bonchev–Trinajstić information content (AvgIpc) is 3.00. The van der Waals surface area contributed by atoms with E-state index in [1.807, 2.05) is 6.92 Å². The number of aliphatic hydroxyl groups excluding tert-OH is 1. The fourth-order valence-electron chi connectivity index (χ4n) is 2.84. The molecule has 140 valence electrons. The number of hydrogen-bond donors (Lipinski definition) is 3. The van der Waals surface area contributed by atoms with Crippen LogP contribution in [-0.2, 0) is 16.4 Å². The maximum atomic E-state index is 11.3. The summed E-state index contributed by atoms with van der Waals surface area (Å²) in [6.45, 7) is 1.98. The summed E-state index contributed by atoms with van der Waals surface area (Å²) in [5, 5.41) is 18.1. The third-order valence-electron chi connectivity index (χ3n) is 4.33. The molecule has 0 unspecified atom stereocenters. The van der Waals surface area contributed by atoms with Gasteiger partial charge in [0.05, 0.1) is 11.0 Å². The standard InChI is InChI=1S/C17H22N4O4S/c1-2-11-10-19-17(21-16(11)25-15-5-3-4-14(15)22)20-12-6-8-13(9-7-12)26(18,23)24/h6-10,14-15,22H,2-5H2,1H3,(H2,18,23,24)(H,19,20,21)/t14-,15-/m1/s1. The van der Waals surface area contributed by atoms with Gasteiger partial charge in [0.2, 0.25) is 21.9 Å². The summed E-state index contributed by atoms with van der Waals surface area (Å²) in [6.07, 6.45) is 4.13. The molecule has 1 aliphatic rings. The summed E-state index contributed by atoms with van der Waals surface area (Å²) < 4.78 is 28.5. The average molecular weight is 378 g/mol. The third kappa shape index (κ3) is 4.29. The van der Waals surface area contributed by atoms with Crippen molar-refractivity contribution in [2.24, 2.45) is 5.14 Å². The highest BCUT2D eigenvalue weighted by Gasteiger charge is 2.28. The number of aliphatic hydroxyl groups is 1. The Morgan fingerprint density at radius 2 is 2.04 bits per heavy atom. The van der Waals surface area contributed by atoms with E-state index in [1.54, 1.807) is 18.3 Å². The Balaban J connectivity index is 1.78. The van der Waals surface area contributed by atoms with Gasteiger partial charge in [-0.1, -0.05) is 6.92 Å². The number of anilines is 2. The van der Waals surface area contributed by atoms with E-state index in [1.165, 1.54) is 12.1 Å². The van der Waals surface area contributed by atoms with E-state index in [-0.39, 0.29) is 11.0 Å². The molecule has 1 aliphatic carbocycles. The number of ether oxygens (including phenoxy) is 1. The van der Waals surface area contributed by atoms with Crippen molar-refractivity contribution in [3.8, 4) is 5.88 Å². The number of sulfonamides is 1. The second kappa shape index (κ2) is 7.56. The lowest BCUT2D eigenvalue weighted by molar-refractivity contribution is 0.0568. The molecule has 2 atom stereocenters. The number of nitrogens with two attached hydrogens (primary N) is 1. The van der Waals surface area contributed by atoms with Crippen molar-refractivity contribution in [3.63, 3.8) is 0 Å². The van der Waals surface area contributed by atoms with E-state index in [9.17, 15) is 13.5 Å². The highest BCUT2D eigenvalue weighted by molar-refractivity contribution is 7.89. The molecule has 4 N–H and O–H groups in total. The van der Waals surface area contributed by atoms with Crippen molar-refractivity contribution in [1.82, 2.24) is 9.97 Å². The molecule has 0 bridgehead atoms. The number of aromatic nitrogens is 2. The first kappa shape index (κ1) is 18.6. The maximum absolute atomic E-state index is 11.3. The van der Waals surface area contributed by atoms with Crippen molar-refractivity contribution in [2.75, 3.05) is 5.32 Å².